The van der Waals surface area contributed by atoms with Gasteiger partial charge in [0.15, 0.2) is 0 Å². The molecule has 0 aromatic heterocycles. The van der Waals surface area contributed by atoms with E-state index < -0.39 is 26.7 Å². The van der Waals surface area contributed by atoms with Gasteiger partial charge in [0, 0.05) is 13.1 Å². The summed E-state index contributed by atoms with van der Waals surface area (Å²) in [6.45, 7) is 4.51. The molecule has 1 fully saturated rings. The largest absolute Gasteiger partial charge is 0.478 e. The van der Waals surface area contributed by atoms with Crippen molar-refractivity contribution in [3.63, 3.8) is 0 Å². The van der Waals surface area contributed by atoms with Crippen molar-refractivity contribution in [2.75, 3.05) is 13.1 Å². The first-order chi connectivity index (χ1) is 9.23. The third-order valence-electron chi connectivity index (χ3n) is 3.75. The Balaban J connectivity index is 2.44. The van der Waals surface area contributed by atoms with Crippen molar-refractivity contribution in [1.82, 2.24) is 4.31 Å². The first kappa shape index (κ1) is 14.9. The van der Waals surface area contributed by atoms with E-state index in [0.29, 0.717) is 13.1 Å². The molecule has 7 heteroatoms. The molecule has 2 unspecified atom stereocenters. The van der Waals surface area contributed by atoms with Crippen LogP contribution in [0.2, 0.25) is 0 Å². The Morgan fingerprint density at radius 2 is 1.85 bits per heavy atom. The van der Waals surface area contributed by atoms with E-state index in [1.807, 2.05) is 13.8 Å². The molecule has 2 atom stereocenters. The minimum atomic E-state index is -4.00. The van der Waals surface area contributed by atoms with Crippen molar-refractivity contribution in [3.8, 4) is 0 Å². The highest BCUT2D eigenvalue weighted by Gasteiger charge is 2.36. The molecule has 0 radical (unpaired) electrons. The molecule has 1 aromatic carbocycles. The highest BCUT2D eigenvalue weighted by Crippen LogP contribution is 2.29. The first-order valence-corrected chi connectivity index (χ1v) is 7.70. The van der Waals surface area contributed by atoms with Gasteiger partial charge in [0.05, 0.1) is 5.56 Å². The second kappa shape index (κ2) is 5.14. The fourth-order valence-corrected chi connectivity index (χ4v) is 3.98. The molecule has 2 rings (SSSR count). The molecule has 0 spiro atoms. The number of sulfonamides is 1. The highest BCUT2D eigenvalue weighted by molar-refractivity contribution is 7.89. The lowest BCUT2D eigenvalue weighted by Crippen LogP contribution is -2.30. The van der Waals surface area contributed by atoms with Crippen molar-refractivity contribution in [2.45, 2.75) is 18.7 Å². The monoisotopic (exact) mass is 301 g/mol. The lowest BCUT2D eigenvalue weighted by atomic mass is 10.0. The normalized spacial score (nSPS) is 23.9. The summed E-state index contributed by atoms with van der Waals surface area (Å²) in [7, 11) is -4.00. The molecular weight excluding hydrogens is 285 g/mol. The second-order valence-corrected chi connectivity index (χ2v) is 7.13. The summed E-state index contributed by atoms with van der Waals surface area (Å²) in [5.74, 6) is -1.84. The van der Waals surface area contributed by atoms with Gasteiger partial charge in [-0.15, -0.1) is 0 Å². The maximum absolute atomic E-state index is 13.8. The Morgan fingerprint density at radius 1 is 1.30 bits per heavy atom. The SMILES string of the molecule is CC1CN(S(=O)(=O)c2cc(C(=O)O)ccc2F)CC1C. The van der Waals surface area contributed by atoms with Crippen LogP contribution in [0.1, 0.15) is 24.2 Å². The predicted octanol–water partition coefficient (Wildman–Crippen LogP) is 1.80. The molecule has 20 heavy (non-hydrogen) atoms. The summed E-state index contributed by atoms with van der Waals surface area (Å²) in [6, 6.07) is 2.80. The minimum Gasteiger partial charge on any atom is -0.478 e. The summed E-state index contributed by atoms with van der Waals surface area (Å²) in [5, 5.41) is 8.88. The van der Waals surface area contributed by atoms with Crippen LogP contribution in [-0.4, -0.2) is 36.9 Å². The molecule has 0 aliphatic carbocycles. The van der Waals surface area contributed by atoms with Crippen LogP contribution in [0.15, 0.2) is 23.1 Å². The van der Waals surface area contributed by atoms with Crippen molar-refractivity contribution < 1.29 is 22.7 Å². The molecule has 0 amide bonds. The van der Waals surface area contributed by atoms with E-state index in [0.717, 1.165) is 18.2 Å². The summed E-state index contributed by atoms with van der Waals surface area (Å²) >= 11 is 0. The Morgan fingerprint density at radius 3 is 2.35 bits per heavy atom. The van der Waals surface area contributed by atoms with Crippen molar-refractivity contribution in [1.29, 1.82) is 0 Å². The average Bonchev–Trinajstić information content (AvgIpc) is 2.70. The molecule has 1 saturated heterocycles. The third kappa shape index (κ3) is 2.55. The smallest absolute Gasteiger partial charge is 0.335 e. The van der Waals surface area contributed by atoms with Gasteiger partial charge >= 0.3 is 5.97 Å². The molecular formula is C13H16FNO4S. The zero-order valence-electron chi connectivity index (χ0n) is 11.2. The molecule has 1 N–H and O–H groups in total. The lowest BCUT2D eigenvalue weighted by molar-refractivity contribution is 0.0696. The molecule has 1 aromatic rings. The lowest BCUT2D eigenvalue weighted by Gasteiger charge is -2.17. The van der Waals surface area contributed by atoms with Gasteiger partial charge in [0.1, 0.15) is 10.7 Å². The first-order valence-electron chi connectivity index (χ1n) is 6.26. The molecule has 1 heterocycles. The Hall–Kier alpha value is -1.47. The van der Waals surface area contributed by atoms with Gasteiger partial charge in [0.2, 0.25) is 10.0 Å². The maximum Gasteiger partial charge on any atom is 0.335 e. The average molecular weight is 301 g/mol. The van der Waals surface area contributed by atoms with Gasteiger partial charge in [0.25, 0.3) is 0 Å². The Labute approximate surface area is 117 Å². The van der Waals surface area contributed by atoms with E-state index in [1.54, 1.807) is 0 Å². The van der Waals surface area contributed by atoms with Gasteiger partial charge in [-0.2, -0.15) is 4.31 Å². The number of benzene rings is 1. The summed E-state index contributed by atoms with van der Waals surface area (Å²) in [4.78, 5) is 10.3. The zero-order chi connectivity index (χ0) is 15.1. The number of carboxylic acids is 1. The molecule has 5 nitrogen and oxygen atoms in total. The summed E-state index contributed by atoms with van der Waals surface area (Å²) < 4.78 is 39.8. The van der Waals surface area contributed by atoms with Crippen LogP contribution >= 0.6 is 0 Å². The third-order valence-corrected chi connectivity index (χ3v) is 5.60. The van der Waals surface area contributed by atoms with Crippen molar-refractivity contribution in [2.24, 2.45) is 11.8 Å². The fourth-order valence-electron chi connectivity index (χ4n) is 2.25. The van der Waals surface area contributed by atoms with E-state index in [2.05, 4.69) is 0 Å². The molecule has 0 saturated carbocycles. The second-order valence-electron chi connectivity index (χ2n) is 5.23. The summed E-state index contributed by atoms with van der Waals surface area (Å²) in [6.07, 6.45) is 0. The van der Waals surface area contributed by atoms with E-state index in [9.17, 15) is 17.6 Å². The molecule has 0 bridgehead atoms. The number of rotatable bonds is 3. The number of halogens is 1. The van der Waals surface area contributed by atoms with Gasteiger partial charge in [-0.1, -0.05) is 13.8 Å². The molecule has 110 valence electrons. The van der Waals surface area contributed by atoms with E-state index >= 15 is 0 Å². The number of hydrogen-bond acceptors (Lipinski definition) is 3. The van der Waals surface area contributed by atoms with Crippen LogP contribution in [0.5, 0.6) is 0 Å². The zero-order valence-corrected chi connectivity index (χ0v) is 12.0. The van der Waals surface area contributed by atoms with E-state index in [4.69, 9.17) is 5.11 Å². The van der Waals surface area contributed by atoms with Crippen LogP contribution < -0.4 is 0 Å². The van der Waals surface area contributed by atoms with Crippen molar-refractivity contribution >= 4 is 16.0 Å². The van der Waals surface area contributed by atoms with Gasteiger partial charge in [-0.25, -0.2) is 17.6 Å². The van der Waals surface area contributed by atoms with Crippen LogP contribution in [0.25, 0.3) is 0 Å². The maximum atomic E-state index is 13.8. The van der Waals surface area contributed by atoms with E-state index in [-0.39, 0.29) is 17.4 Å². The highest BCUT2D eigenvalue weighted by atomic mass is 32.2. The topological polar surface area (TPSA) is 74.7 Å². The van der Waals surface area contributed by atoms with Crippen LogP contribution in [0.4, 0.5) is 4.39 Å². The summed E-state index contributed by atoms with van der Waals surface area (Å²) in [5.41, 5.74) is -0.245. The van der Waals surface area contributed by atoms with E-state index in [1.165, 1.54) is 4.31 Å². The van der Waals surface area contributed by atoms with Gasteiger partial charge in [-0.3, -0.25) is 0 Å². The molecule has 1 aliphatic rings. The number of aromatic carboxylic acids is 1. The Bertz CT molecular complexity index is 634. The van der Waals surface area contributed by atoms with Crippen molar-refractivity contribution in [3.05, 3.63) is 29.6 Å². The van der Waals surface area contributed by atoms with Crippen LogP contribution in [0.3, 0.4) is 0 Å². The number of carbonyl (C=O) groups is 1. The Kier molecular flexibility index (Phi) is 3.84. The number of nitrogens with zero attached hydrogens (tertiary/aromatic N) is 1. The predicted molar refractivity (Wildman–Crippen MR) is 70.4 cm³/mol. The molecule has 1 aliphatic heterocycles. The number of carboxylic acid groups (broad SMARTS) is 1. The van der Waals surface area contributed by atoms with Gasteiger partial charge in [-0.05, 0) is 30.0 Å². The van der Waals surface area contributed by atoms with Crippen LogP contribution in [0, 0.1) is 17.7 Å². The van der Waals surface area contributed by atoms with Gasteiger partial charge < -0.3 is 5.11 Å². The fraction of sp³-hybridized carbons (Fsp3) is 0.462. The van der Waals surface area contributed by atoms with Crippen LogP contribution in [-0.2, 0) is 10.0 Å². The standard InChI is InChI=1S/C13H16FNO4S/c1-8-6-15(7-9(8)2)20(18,19)12-5-10(13(16)17)3-4-11(12)14/h3-5,8-9H,6-7H2,1-2H3,(H,16,17). The minimum absolute atomic E-state index is 0.190. The quantitative estimate of drug-likeness (QED) is 0.923. The number of hydrogen-bond donors (Lipinski definition) is 1.